The number of para-hydroxylation sites is 2. The molecule has 1 amide bonds. The Morgan fingerprint density at radius 2 is 1.81 bits per heavy atom. The van der Waals surface area contributed by atoms with Crippen molar-refractivity contribution in [1.82, 2.24) is 24.9 Å². The maximum absolute atomic E-state index is 13.4. The summed E-state index contributed by atoms with van der Waals surface area (Å²) in [4.78, 5) is 23.4. The van der Waals surface area contributed by atoms with E-state index in [9.17, 15) is 4.79 Å². The lowest BCUT2D eigenvalue weighted by Crippen LogP contribution is -2.39. The van der Waals surface area contributed by atoms with Gasteiger partial charge in [0.15, 0.2) is 5.58 Å². The number of oxazole rings is 1. The number of amides is 1. The first-order valence-corrected chi connectivity index (χ1v) is 10.5. The van der Waals surface area contributed by atoms with Gasteiger partial charge >= 0.3 is 0 Å². The van der Waals surface area contributed by atoms with E-state index in [1.54, 1.807) is 12.4 Å². The summed E-state index contributed by atoms with van der Waals surface area (Å²) < 4.78 is 5.91. The second kappa shape index (κ2) is 8.99. The Morgan fingerprint density at radius 3 is 2.52 bits per heavy atom. The fourth-order valence-corrected chi connectivity index (χ4v) is 3.54. The number of fused-ring (bicyclic) bond motifs is 1. The largest absolute Gasteiger partial charge is 0.423 e. The number of rotatable bonds is 8. The average Bonchev–Trinajstić information content (AvgIpc) is 3.46. The molecule has 8 heteroatoms. The molecule has 2 heterocycles. The summed E-state index contributed by atoms with van der Waals surface area (Å²) in [5, 5.41) is 8.40. The summed E-state index contributed by atoms with van der Waals surface area (Å²) in [5.74, 6) is -0.0490. The molecule has 4 aromatic rings. The van der Waals surface area contributed by atoms with Gasteiger partial charge in [-0.15, -0.1) is 0 Å². The molecule has 2 aromatic carbocycles. The summed E-state index contributed by atoms with van der Waals surface area (Å²) in [6, 6.07) is 14.0. The van der Waals surface area contributed by atoms with Crippen LogP contribution < -0.4 is 4.90 Å². The average molecular weight is 419 g/mol. The predicted molar refractivity (Wildman–Crippen MR) is 120 cm³/mol. The highest BCUT2D eigenvalue weighted by Crippen LogP contribution is 2.22. The normalized spacial score (nSPS) is 11.1. The zero-order valence-corrected chi connectivity index (χ0v) is 18.0. The van der Waals surface area contributed by atoms with Crippen molar-refractivity contribution in [3.05, 3.63) is 66.0 Å². The van der Waals surface area contributed by atoms with E-state index in [0.717, 1.165) is 23.2 Å². The van der Waals surface area contributed by atoms with E-state index in [-0.39, 0.29) is 5.91 Å². The number of benzene rings is 2. The van der Waals surface area contributed by atoms with Crippen LogP contribution in [0.15, 0.2) is 59.3 Å². The van der Waals surface area contributed by atoms with Crippen LogP contribution in [0.5, 0.6) is 0 Å². The lowest BCUT2D eigenvalue weighted by Gasteiger charge is -2.26. The standard InChI is InChI=1S/C23H26N6O2/c1-4-27(14-15-28(5-2)23-26-19-8-6-7-9-21(19)31-23)22(30)18-16-17(3)10-11-20(18)29-24-12-13-25-29/h6-13,16H,4-5,14-15H2,1-3H3. The van der Waals surface area contributed by atoms with Crippen LogP contribution >= 0.6 is 0 Å². The van der Waals surface area contributed by atoms with Gasteiger partial charge in [-0.25, -0.2) is 0 Å². The number of likely N-dealkylation sites (N-methyl/N-ethyl adjacent to an activating group) is 2. The van der Waals surface area contributed by atoms with Crippen LogP contribution in [-0.4, -0.2) is 57.0 Å². The van der Waals surface area contributed by atoms with Gasteiger partial charge in [-0.1, -0.05) is 23.8 Å². The first-order chi connectivity index (χ1) is 15.1. The lowest BCUT2D eigenvalue weighted by atomic mass is 10.1. The molecule has 0 spiro atoms. The van der Waals surface area contributed by atoms with Crippen LogP contribution in [0.4, 0.5) is 6.01 Å². The molecule has 8 nitrogen and oxygen atoms in total. The summed E-state index contributed by atoms with van der Waals surface area (Å²) in [7, 11) is 0. The molecular weight excluding hydrogens is 392 g/mol. The minimum absolute atomic E-state index is 0.0490. The van der Waals surface area contributed by atoms with Crippen LogP contribution in [0, 0.1) is 6.92 Å². The molecule has 0 aliphatic heterocycles. The molecule has 0 radical (unpaired) electrons. The molecule has 0 fully saturated rings. The monoisotopic (exact) mass is 418 g/mol. The van der Waals surface area contributed by atoms with Crippen molar-refractivity contribution in [3.63, 3.8) is 0 Å². The van der Waals surface area contributed by atoms with Crippen molar-refractivity contribution >= 4 is 23.0 Å². The molecule has 0 bridgehead atoms. The van der Waals surface area contributed by atoms with Crippen LogP contribution in [0.1, 0.15) is 29.8 Å². The van der Waals surface area contributed by atoms with E-state index in [4.69, 9.17) is 4.42 Å². The third kappa shape index (κ3) is 4.28. The van der Waals surface area contributed by atoms with E-state index in [0.29, 0.717) is 36.9 Å². The van der Waals surface area contributed by atoms with E-state index in [1.807, 2.05) is 66.1 Å². The van der Waals surface area contributed by atoms with Gasteiger partial charge in [0.25, 0.3) is 11.9 Å². The van der Waals surface area contributed by atoms with Gasteiger partial charge in [0, 0.05) is 26.2 Å². The fraction of sp³-hybridized carbons (Fsp3) is 0.304. The van der Waals surface area contributed by atoms with Crippen molar-refractivity contribution < 1.29 is 9.21 Å². The summed E-state index contributed by atoms with van der Waals surface area (Å²) in [5.41, 5.74) is 3.86. The Bertz CT molecular complexity index is 1140. The van der Waals surface area contributed by atoms with Gasteiger partial charge < -0.3 is 14.2 Å². The van der Waals surface area contributed by atoms with Crippen LogP contribution in [0.25, 0.3) is 16.8 Å². The molecule has 2 aromatic heterocycles. The smallest absolute Gasteiger partial charge is 0.298 e. The molecule has 4 rings (SSSR count). The number of nitrogens with zero attached hydrogens (tertiary/aromatic N) is 6. The fourth-order valence-electron chi connectivity index (χ4n) is 3.54. The molecule has 0 aliphatic carbocycles. The Kier molecular flexibility index (Phi) is 5.97. The minimum Gasteiger partial charge on any atom is -0.423 e. The third-order valence-electron chi connectivity index (χ3n) is 5.26. The molecule has 0 saturated carbocycles. The Labute approximate surface area is 181 Å². The van der Waals surface area contributed by atoms with E-state index >= 15 is 0 Å². The van der Waals surface area contributed by atoms with Gasteiger partial charge in [0.1, 0.15) is 5.52 Å². The highest BCUT2D eigenvalue weighted by Gasteiger charge is 2.21. The van der Waals surface area contributed by atoms with Crippen LogP contribution in [0.2, 0.25) is 0 Å². The molecule has 0 aliphatic rings. The first kappa shape index (κ1) is 20.6. The Hall–Kier alpha value is -3.68. The zero-order chi connectivity index (χ0) is 21.8. The Balaban J connectivity index is 1.54. The first-order valence-electron chi connectivity index (χ1n) is 10.5. The minimum atomic E-state index is -0.0490. The summed E-state index contributed by atoms with van der Waals surface area (Å²) >= 11 is 0. The van der Waals surface area contributed by atoms with Crippen molar-refractivity contribution in [2.24, 2.45) is 0 Å². The van der Waals surface area contributed by atoms with Crippen molar-refractivity contribution in [2.75, 3.05) is 31.1 Å². The molecule has 31 heavy (non-hydrogen) atoms. The quantitative estimate of drug-likeness (QED) is 0.434. The van der Waals surface area contributed by atoms with Crippen LogP contribution in [-0.2, 0) is 0 Å². The third-order valence-corrected chi connectivity index (χ3v) is 5.26. The zero-order valence-electron chi connectivity index (χ0n) is 18.0. The topological polar surface area (TPSA) is 80.3 Å². The molecule has 0 atom stereocenters. The lowest BCUT2D eigenvalue weighted by molar-refractivity contribution is 0.0767. The maximum atomic E-state index is 13.4. The van der Waals surface area contributed by atoms with Gasteiger partial charge in [-0.2, -0.15) is 20.0 Å². The van der Waals surface area contributed by atoms with Gasteiger partial charge in [-0.05, 0) is 45.0 Å². The van der Waals surface area contributed by atoms with Crippen molar-refractivity contribution in [2.45, 2.75) is 20.8 Å². The molecule has 160 valence electrons. The predicted octanol–water partition coefficient (Wildman–Crippen LogP) is 3.71. The van der Waals surface area contributed by atoms with Gasteiger partial charge in [0.05, 0.1) is 23.6 Å². The van der Waals surface area contributed by atoms with Gasteiger partial charge in [-0.3, -0.25) is 4.79 Å². The number of aromatic nitrogens is 4. The second-order valence-corrected chi connectivity index (χ2v) is 7.27. The molecule has 0 unspecified atom stereocenters. The number of anilines is 1. The highest BCUT2D eigenvalue weighted by molar-refractivity contribution is 5.98. The number of hydrogen-bond acceptors (Lipinski definition) is 6. The van der Waals surface area contributed by atoms with Gasteiger partial charge in [0.2, 0.25) is 0 Å². The molecule has 0 N–H and O–H groups in total. The summed E-state index contributed by atoms with van der Waals surface area (Å²) in [6.07, 6.45) is 3.20. The molecule has 0 saturated heterocycles. The molecular formula is C23H26N6O2. The van der Waals surface area contributed by atoms with Crippen molar-refractivity contribution in [1.29, 1.82) is 0 Å². The van der Waals surface area contributed by atoms with E-state index in [1.165, 1.54) is 4.80 Å². The van der Waals surface area contributed by atoms with E-state index < -0.39 is 0 Å². The van der Waals surface area contributed by atoms with Crippen molar-refractivity contribution in [3.8, 4) is 5.69 Å². The number of hydrogen-bond donors (Lipinski definition) is 0. The van der Waals surface area contributed by atoms with E-state index in [2.05, 4.69) is 22.1 Å². The maximum Gasteiger partial charge on any atom is 0.298 e. The number of carbonyl (C=O) groups excluding carboxylic acids is 1. The number of carbonyl (C=O) groups is 1. The van der Waals surface area contributed by atoms with Crippen LogP contribution in [0.3, 0.4) is 0 Å². The SMILES string of the molecule is CCN(CCN(CC)c1nc2ccccc2o1)C(=O)c1cc(C)ccc1-n1nccn1. The highest BCUT2D eigenvalue weighted by atomic mass is 16.4. The Morgan fingerprint density at radius 1 is 1.03 bits per heavy atom. The number of aryl methyl sites for hydroxylation is 1. The summed E-state index contributed by atoms with van der Waals surface area (Å²) in [6.45, 7) is 8.48. The second-order valence-electron chi connectivity index (χ2n) is 7.27.